The second kappa shape index (κ2) is 6.02. The van der Waals surface area contributed by atoms with Crippen LogP contribution < -0.4 is 5.32 Å². The van der Waals surface area contributed by atoms with Crippen molar-refractivity contribution in [1.29, 1.82) is 0 Å². The Morgan fingerprint density at radius 3 is 2.44 bits per heavy atom. The van der Waals surface area contributed by atoms with Crippen molar-refractivity contribution in [3.63, 3.8) is 0 Å². The van der Waals surface area contributed by atoms with Crippen LogP contribution in [0, 0.1) is 0 Å². The maximum Gasteiger partial charge on any atom is 0.254 e. The topological polar surface area (TPSA) is 35.6 Å². The number of amides is 1. The van der Waals surface area contributed by atoms with E-state index in [9.17, 15) is 4.79 Å². The Labute approximate surface area is 111 Å². The summed E-state index contributed by atoms with van der Waals surface area (Å²) in [6.45, 7) is 8.34. The average molecular weight is 253 g/mol. The number of hydrazine groups is 1. The van der Waals surface area contributed by atoms with E-state index in [2.05, 4.69) is 31.1 Å². The molecule has 3 atom stereocenters. The molecule has 0 aromatic heterocycles. The largest absolute Gasteiger partial charge is 0.306 e. The molecule has 0 saturated carbocycles. The van der Waals surface area contributed by atoms with Crippen LogP contribution in [0.1, 0.15) is 52.9 Å². The molecule has 2 rings (SSSR count). The van der Waals surface area contributed by atoms with Gasteiger partial charge in [0, 0.05) is 18.6 Å². The first-order valence-electron chi connectivity index (χ1n) is 7.48. The minimum Gasteiger partial charge on any atom is -0.306 e. The number of hydrogen-bond donors (Lipinski definition) is 1. The van der Waals surface area contributed by atoms with E-state index in [0.29, 0.717) is 12.1 Å². The fourth-order valence-electron chi connectivity index (χ4n) is 3.41. The van der Waals surface area contributed by atoms with Gasteiger partial charge in [0.25, 0.3) is 5.91 Å². The predicted octanol–water partition coefficient (Wildman–Crippen LogP) is 1.76. The summed E-state index contributed by atoms with van der Waals surface area (Å²) in [5.74, 6) is 0.281. The van der Waals surface area contributed by atoms with Crippen molar-refractivity contribution in [3.05, 3.63) is 0 Å². The monoisotopic (exact) mass is 253 g/mol. The Balaban J connectivity index is 2.08. The van der Waals surface area contributed by atoms with E-state index < -0.39 is 0 Å². The third-order valence-electron chi connectivity index (χ3n) is 4.29. The van der Waals surface area contributed by atoms with Crippen molar-refractivity contribution in [3.8, 4) is 0 Å². The lowest BCUT2D eigenvalue weighted by Gasteiger charge is -2.48. The molecule has 4 nitrogen and oxygen atoms in total. The van der Waals surface area contributed by atoms with Gasteiger partial charge in [0.15, 0.2) is 0 Å². The van der Waals surface area contributed by atoms with Crippen LogP contribution in [0.2, 0.25) is 0 Å². The Hall–Kier alpha value is -0.610. The zero-order valence-corrected chi connectivity index (χ0v) is 12.0. The van der Waals surface area contributed by atoms with Crippen molar-refractivity contribution in [2.24, 2.45) is 0 Å². The van der Waals surface area contributed by atoms with Crippen LogP contribution in [0.3, 0.4) is 0 Å². The van der Waals surface area contributed by atoms with E-state index in [1.807, 2.05) is 5.01 Å². The molecule has 2 aliphatic rings. The van der Waals surface area contributed by atoms with E-state index in [0.717, 1.165) is 25.9 Å². The van der Waals surface area contributed by atoms with Crippen LogP contribution in [0.15, 0.2) is 0 Å². The predicted molar refractivity (Wildman–Crippen MR) is 73.0 cm³/mol. The molecule has 0 aromatic carbocycles. The van der Waals surface area contributed by atoms with Gasteiger partial charge in [0.1, 0.15) is 0 Å². The molecular weight excluding hydrogens is 226 g/mol. The molecule has 2 heterocycles. The lowest BCUT2D eigenvalue weighted by atomic mass is 9.98. The van der Waals surface area contributed by atoms with Gasteiger partial charge in [-0.15, -0.1) is 0 Å². The SMILES string of the molecule is CCNC1CCCN(N2C(C)CCCC2C)C1=O. The molecule has 2 aliphatic heterocycles. The first-order valence-corrected chi connectivity index (χ1v) is 7.48. The van der Waals surface area contributed by atoms with E-state index in [-0.39, 0.29) is 11.9 Å². The second-order valence-electron chi connectivity index (χ2n) is 5.72. The summed E-state index contributed by atoms with van der Waals surface area (Å²) in [6.07, 6.45) is 5.80. The molecule has 2 saturated heterocycles. The number of carbonyl (C=O) groups is 1. The summed E-state index contributed by atoms with van der Waals surface area (Å²) in [4.78, 5) is 12.5. The van der Waals surface area contributed by atoms with Crippen LogP contribution in [-0.2, 0) is 4.79 Å². The first kappa shape index (κ1) is 13.8. The molecule has 0 bridgehead atoms. The number of carbonyl (C=O) groups excluding carboxylic acids is 1. The summed E-state index contributed by atoms with van der Waals surface area (Å²) in [5.41, 5.74) is 0. The highest BCUT2D eigenvalue weighted by Gasteiger charge is 2.37. The molecule has 18 heavy (non-hydrogen) atoms. The van der Waals surface area contributed by atoms with Gasteiger partial charge >= 0.3 is 0 Å². The van der Waals surface area contributed by atoms with Gasteiger partial charge in [-0.1, -0.05) is 13.3 Å². The third-order valence-corrected chi connectivity index (χ3v) is 4.29. The summed E-state index contributed by atoms with van der Waals surface area (Å²) in [5, 5.41) is 7.69. The maximum atomic E-state index is 12.5. The quantitative estimate of drug-likeness (QED) is 0.832. The summed E-state index contributed by atoms with van der Waals surface area (Å²) < 4.78 is 0. The summed E-state index contributed by atoms with van der Waals surface area (Å²) in [6, 6.07) is 1.03. The molecule has 0 aliphatic carbocycles. The lowest BCUT2D eigenvalue weighted by Crippen LogP contribution is -2.62. The molecule has 0 spiro atoms. The van der Waals surface area contributed by atoms with Crippen LogP contribution in [0.5, 0.6) is 0 Å². The molecule has 3 unspecified atom stereocenters. The number of rotatable bonds is 3. The Morgan fingerprint density at radius 1 is 1.17 bits per heavy atom. The minimum absolute atomic E-state index is 0.0325. The highest BCUT2D eigenvalue weighted by Crippen LogP contribution is 2.27. The highest BCUT2D eigenvalue weighted by atomic mass is 16.2. The van der Waals surface area contributed by atoms with Crippen molar-refractivity contribution in [2.75, 3.05) is 13.1 Å². The van der Waals surface area contributed by atoms with Crippen LogP contribution in [0.25, 0.3) is 0 Å². The average Bonchev–Trinajstić information content (AvgIpc) is 2.33. The van der Waals surface area contributed by atoms with E-state index >= 15 is 0 Å². The van der Waals surface area contributed by atoms with Crippen molar-refractivity contribution < 1.29 is 4.79 Å². The van der Waals surface area contributed by atoms with E-state index in [4.69, 9.17) is 0 Å². The lowest BCUT2D eigenvalue weighted by molar-refractivity contribution is -0.170. The van der Waals surface area contributed by atoms with Crippen molar-refractivity contribution in [1.82, 2.24) is 15.3 Å². The van der Waals surface area contributed by atoms with E-state index in [1.165, 1.54) is 19.3 Å². The normalized spacial score (nSPS) is 34.9. The Bertz CT molecular complexity index is 283. The fraction of sp³-hybridized carbons (Fsp3) is 0.929. The third kappa shape index (κ3) is 2.69. The number of piperidine rings is 2. The number of likely N-dealkylation sites (N-methyl/N-ethyl adjacent to an activating group) is 1. The molecule has 1 N–H and O–H groups in total. The number of hydrogen-bond acceptors (Lipinski definition) is 3. The van der Waals surface area contributed by atoms with Gasteiger partial charge in [0.05, 0.1) is 6.04 Å². The van der Waals surface area contributed by atoms with Crippen LogP contribution in [-0.4, -0.2) is 47.1 Å². The molecular formula is C14H27N3O. The summed E-state index contributed by atoms with van der Waals surface area (Å²) >= 11 is 0. The molecule has 0 radical (unpaired) electrons. The van der Waals surface area contributed by atoms with Crippen LogP contribution in [0.4, 0.5) is 0 Å². The highest BCUT2D eigenvalue weighted by molar-refractivity contribution is 5.82. The molecule has 4 heteroatoms. The zero-order valence-electron chi connectivity index (χ0n) is 12.0. The molecule has 1 amide bonds. The van der Waals surface area contributed by atoms with Gasteiger partial charge in [-0.25, -0.2) is 5.01 Å². The molecule has 2 fully saturated rings. The van der Waals surface area contributed by atoms with Crippen molar-refractivity contribution >= 4 is 5.91 Å². The first-order chi connectivity index (χ1) is 8.65. The minimum atomic E-state index is 0.0325. The zero-order chi connectivity index (χ0) is 13.1. The fourth-order valence-corrected chi connectivity index (χ4v) is 3.41. The molecule has 104 valence electrons. The van der Waals surface area contributed by atoms with E-state index in [1.54, 1.807) is 0 Å². The smallest absolute Gasteiger partial charge is 0.254 e. The molecule has 0 aromatic rings. The van der Waals surface area contributed by atoms with Gasteiger partial charge in [-0.05, 0) is 46.1 Å². The maximum absolute atomic E-state index is 12.5. The van der Waals surface area contributed by atoms with Crippen molar-refractivity contribution in [2.45, 2.75) is 71.0 Å². The number of nitrogens with zero attached hydrogens (tertiary/aromatic N) is 2. The Kier molecular flexibility index (Phi) is 4.62. The summed E-state index contributed by atoms with van der Waals surface area (Å²) in [7, 11) is 0. The Morgan fingerprint density at radius 2 is 1.83 bits per heavy atom. The second-order valence-corrected chi connectivity index (χ2v) is 5.72. The van der Waals surface area contributed by atoms with Gasteiger partial charge in [-0.3, -0.25) is 9.80 Å². The van der Waals surface area contributed by atoms with Crippen LogP contribution >= 0.6 is 0 Å². The van der Waals surface area contributed by atoms with Gasteiger partial charge in [0.2, 0.25) is 0 Å². The van der Waals surface area contributed by atoms with Gasteiger partial charge < -0.3 is 5.32 Å². The van der Waals surface area contributed by atoms with Gasteiger partial charge in [-0.2, -0.15) is 0 Å². The number of nitrogens with one attached hydrogen (secondary N) is 1. The standard InChI is InChI=1S/C14H27N3O/c1-4-15-13-9-6-10-16(14(13)18)17-11(2)7-5-8-12(17)3/h11-13,15H,4-10H2,1-3H3.